The zero-order valence-corrected chi connectivity index (χ0v) is 46.8. The van der Waals surface area contributed by atoms with Crippen LogP contribution in [0.3, 0.4) is 0 Å². The molecule has 0 fully saturated rings. The highest BCUT2D eigenvalue weighted by molar-refractivity contribution is 5.48. The molecule has 2 unspecified atom stereocenters. The van der Waals surface area contributed by atoms with E-state index in [-0.39, 0.29) is 0 Å². The fourth-order valence-corrected chi connectivity index (χ4v) is 10.8. The third-order valence-corrected chi connectivity index (χ3v) is 15.4. The first-order valence-electron chi connectivity index (χ1n) is 30.9. The van der Waals surface area contributed by atoms with Crippen LogP contribution in [0.2, 0.25) is 0 Å². The van der Waals surface area contributed by atoms with Crippen molar-refractivity contribution in [3.8, 4) is 23.7 Å². The number of rotatable bonds is 44. The van der Waals surface area contributed by atoms with Gasteiger partial charge >= 0.3 is 0 Å². The van der Waals surface area contributed by atoms with E-state index in [2.05, 4.69) is 124 Å². The standard InChI is InChI=1S/C70H110/c1-5-9-13-17-21-25-27-31-35-39-45-65(43-37-33-29-23-19-15-11-7-3)59-69-49-41-47-67(61-69)57-55-63-51-53-64(54-52-63)56-58-68-48-42-50-70(62-68)60-66(44-38-34-30-24-20-16-12-8-4)46-40-36-32-28-26-22-18-14-10-6-2/h41-42,47-54,61-62,65-66H,5-40,43-46,59-60H2,1-4H3. The lowest BCUT2D eigenvalue weighted by Crippen LogP contribution is -2.06. The van der Waals surface area contributed by atoms with Crippen LogP contribution in [0, 0.1) is 35.5 Å². The number of benzene rings is 3. The van der Waals surface area contributed by atoms with Gasteiger partial charge in [0.2, 0.25) is 0 Å². The van der Waals surface area contributed by atoms with Crippen LogP contribution in [0.15, 0.2) is 72.8 Å². The van der Waals surface area contributed by atoms with Crippen LogP contribution in [0.25, 0.3) is 0 Å². The maximum absolute atomic E-state index is 3.52. The summed E-state index contributed by atoms with van der Waals surface area (Å²) in [5, 5.41) is 0. The molecule has 70 heavy (non-hydrogen) atoms. The van der Waals surface area contributed by atoms with Crippen molar-refractivity contribution in [2.45, 2.75) is 297 Å². The van der Waals surface area contributed by atoms with E-state index < -0.39 is 0 Å². The molecule has 0 radical (unpaired) electrons. The molecule has 3 rings (SSSR count). The van der Waals surface area contributed by atoms with Crippen molar-refractivity contribution in [3.63, 3.8) is 0 Å². The smallest absolute Gasteiger partial charge is 0.0251 e. The van der Waals surface area contributed by atoms with Crippen LogP contribution in [0.5, 0.6) is 0 Å². The largest absolute Gasteiger partial charge is 0.0654 e. The normalized spacial score (nSPS) is 12.1. The minimum Gasteiger partial charge on any atom is -0.0654 e. The molecular formula is C70H110. The third-order valence-electron chi connectivity index (χ3n) is 15.4. The Kier molecular flexibility index (Phi) is 38.8. The Hall–Kier alpha value is -3.22. The summed E-state index contributed by atoms with van der Waals surface area (Å²) in [4.78, 5) is 0. The van der Waals surface area contributed by atoms with E-state index in [0.717, 1.165) is 34.1 Å². The average Bonchev–Trinajstić information content (AvgIpc) is 3.38. The highest BCUT2D eigenvalue weighted by Gasteiger charge is 2.12. The van der Waals surface area contributed by atoms with Crippen molar-refractivity contribution in [3.05, 3.63) is 106 Å². The minimum absolute atomic E-state index is 0.786. The average molecular weight is 952 g/mol. The molecule has 0 aliphatic heterocycles. The highest BCUT2D eigenvalue weighted by Crippen LogP contribution is 2.26. The highest BCUT2D eigenvalue weighted by atomic mass is 14.2. The molecule has 0 saturated heterocycles. The van der Waals surface area contributed by atoms with E-state index >= 15 is 0 Å². The second-order valence-electron chi connectivity index (χ2n) is 22.1. The summed E-state index contributed by atoms with van der Waals surface area (Å²) in [7, 11) is 0. The summed E-state index contributed by atoms with van der Waals surface area (Å²) in [5.41, 5.74) is 7.30. The molecule has 390 valence electrons. The molecular weight excluding hydrogens is 841 g/mol. The zero-order chi connectivity index (χ0) is 49.6. The summed E-state index contributed by atoms with van der Waals surface area (Å²) < 4.78 is 0. The van der Waals surface area contributed by atoms with Crippen LogP contribution in [0.1, 0.15) is 318 Å². The first-order valence-corrected chi connectivity index (χ1v) is 30.9. The molecule has 3 aromatic rings. The molecule has 0 bridgehead atoms. The van der Waals surface area contributed by atoms with E-state index in [0.29, 0.717) is 0 Å². The van der Waals surface area contributed by atoms with Gasteiger partial charge in [-0.1, -0.05) is 332 Å². The molecule has 0 aliphatic rings. The van der Waals surface area contributed by atoms with E-state index in [9.17, 15) is 0 Å². The van der Waals surface area contributed by atoms with Crippen molar-refractivity contribution in [2.24, 2.45) is 11.8 Å². The summed E-state index contributed by atoms with van der Waals surface area (Å²) in [6.45, 7) is 9.26. The monoisotopic (exact) mass is 951 g/mol. The Labute approximate surface area is 437 Å². The van der Waals surface area contributed by atoms with E-state index in [1.165, 1.54) is 281 Å². The van der Waals surface area contributed by atoms with Gasteiger partial charge in [0.05, 0.1) is 0 Å². The van der Waals surface area contributed by atoms with Crippen molar-refractivity contribution < 1.29 is 0 Å². The maximum atomic E-state index is 3.52. The molecule has 0 aliphatic carbocycles. The predicted molar refractivity (Wildman–Crippen MR) is 313 cm³/mol. The SMILES string of the molecule is CCCCCCCCCCCCC(CCCCCCCCCC)Cc1cccc(C#Cc2ccc(C#Cc3cccc(CC(CCCCCCCCCC)CCCCCCCCCCCC)c3)cc2)c1. The lowest BCUT2D eigenvalue weighted by atomic mass is 9.88. The van der Waals surface area contributed by atoms with Gasteiger partial charge in [0.25, 0.3) is 0 Å². The van der Waals surface area contributed by atoms with Crippen LogP contribution < -0.4 is 0 Å². The van der Waals surface area contributed by atoms with Gasteiger partial charge < -0.3 is 0 Å². The summed E-state index contributed by atoms with van der Waals surface area (Å²) in [6, 6.07) is 26.9. The van der Waals surface area contributed by atoms with Crippen molar-refractivity contribution in [2.75, 3.05) is 0 Å². The summed E-state index contributed by atoms with van der Waals surface area (Å²) in [5.74, 6) is 15.6. The quantitative estimate of drug-likeness (QED) is 0.0391. The molecule has 2 atom stereocenters. The number of unbranched alkanes of at least 4 members (excludes halogenated alkanes) is 32. The first-order chi connectivity index (χ1) is 34.6. The maximum Gasteiger partial charge on any atom is 0.0251 e. The van der Waals surface area contributed by atoms with Crippen LogP contribution in [-0.2, 0) is 12.8 Å². The molecule has 0 spiro atoms. The summed E-state index contributed by atoms with van der Waals surface area (Å²) in [6.07, 6.45) is 58.7. The van der Waals surface area contributed by atoms with Gasteiger partial charge in [-0.05, 0) is 84.3 Å². The van der Waals surface area contributed by atoms with Gasteiger partial charge in [-0.2, -0.15) is 0 Å². The summed E-state index contributed by atoms with van der Waals surface area (Å²) >= 11 is 0. The first kappa shape index (κ1) is 61.1. The molecule has 0 nitrogen and oxygen atoms in total. The van der Waals surface area contributed by atoms with E-state index in [4.69, 9.17) is 0 Å². The third kappa shape index (κ3) is 33.4. The Morgan fingerprint density at radius 3 is 0.743 bits per heavy atom. The fourth-order valence-electron chi connectivity index (χ4n) is 10.8. The van der Waals surface area contributed by atoms with E-state index in [1.54, 1.807) is 0 Å². The van der Waals surface area contributed by atoms with Gasteiger partial charge in [-0.25, -0.2) is 0 Å². The lowest BCUT2D eigenvalue weighted by Gasteiger charge is -2.17. The zero-order valence-electron chi connectivity index (χ0n) is 46.8. The molecule has 0 saturated carbocycles. The fraction of sp³-hybridized carbons (Fsp3) is 0.686. The predicted octanol–water partition coefficient (Wildman–Crippen LogP) is 22.5. The van der Waals surface area contributed by atoms with Gasteiger partial charge in [0, 0.05) is 22.3 Å². The second-order valence-corrected chi connectivity index (χ2v) is 22.1. The molecule has 0 N–H and O–H groups in total. The number of hydrogen-bond donors (Lipinski definition) is 0. The van der Waals surface area contributed by atoms with Crippen LogP contribution in [-0.4, -0.2) is 0 Å². The molecule has 0 heteroatoms. The lowest BCUT2D eigenvalue weighted by molar-refractivity contribution is 0.400. The Balaban J connectivity index is 1.53. The Morgan fingerprint density at radius 1 is 0.257 bits per heavy atom. The Morgan fingerprint density at radius 2 is 0.486 bits per heavy atom. The van der Waals surface area contributed by atoms with Gasteiger partial charge in [0.1, 0.15) is 0 Å². The van der Waals surface area contributed by atoms with E-state index in [1.807, 2.05) is 0 Å². The van der Waals surface area contributed by atoms with Crippen LogP contribution >= 0.6 is 0 Å². The molecule has 3 aromatic carbocycles. The number of hydrogen-bond acceptors (Lipinski definition) is 0. The topological polar surface area (TPSA) is 0 Å². The van der Waals surface area contributed by atoms with Crippen molar-refractivity contribution >= 4 is 0 Å². The second kappa shape index (κ2) is 44.5. The van der Waals surface area contributed by atoms with Gasteiger partial charge in [-0.15, -0.1) is 0 Å². The van der Waals surface area contributed by atoms with Gasteiger partial charge in [-0.3, -0.25) is 0 Å². The van der Waals surface area contributed by atoms with Crippen molar-refractivity contribution in [1.29, 1.82) is 0 Å². The molecule has 0 aromatic heterocycles. The Bertz CT molecular complexity index is 1620. The van der Waals surface area contributed by atoms with Crippen LogP contribution in [0.4, 0.5) is 0 Å². The van der Waals surface area contributed by atoms with Crippen molar-refractivity contribution in [1.82, 2.24) is 0 Å². The molecule has 0 amide bonds. The minimum atomic E-state index is 0.786. The molecule has 0 heterocycles. The van der Waals surface area contributed by atoms with Gasteiger partial charge in [0.15, 0.2) is 0 Å².